The van der Waals surface area contributed by atoms with E-state index in [1.165, 1.54) is 5.56 Å². The molecular formula is C16H20N2O. The monoisotopic (exact) mass is 256 g/mol. The number of rotatable bonds is 5. The zero-order valence-corrected chi connectivity index (χ0v) is 11.7. The van der Waals surface area contributed by atoms with E-state index in [-0.39, 0.29) is 0 Å². The van der Waals surface area contributed by atoms with Gasteiger partial charge in [0, 0.05) is 18.3 Å². The number of pyridine rings is 1. The Bertz CT molecular complexity index is 505. The van der Waals surface area contributed by atoms with Crippen LogP contribution in [0.3, 0.4) is 0 Å². The second kappa shape index (κ2) is 6.34. The van der Waals surface area contributed by atoms with Crippen LogP contribution in [0.25, 0.3) is 0 Å². The van der Waals surface area contributed by atoms with Crippen molar-refractivity contribution < 1.29 is 4.74 Å². The van der Waals surface area contributed by atoms with Crippen LogP contribution in [-0.2, 0) is 6.42 Å². The van der Waals surface area contributed by atoms with Gasteiger partial charge in [-0.25, -0.2) is 4.98 Å². The van der Waals surface area contributed by atoms with Gasteiger partial charge in [-0.05, 0) is 43.7 Å². The predicted molar refractivity (Wildman–Crippen MR) is 77.6 cm³/mol. The first-order valence-electron chi connectivity index (χ1n) is 6.63. The molecule has 0 fully saturated rings. The Hall–Kier alpha value is -1.87. The Morgan fingerprint density at radius 3 is 2.42 bits per heavy atom. The topological polar surface area (TPSA) is 34.1 Å². The molecule has 0 spiro atoms. The van der Waals surface area contributed by atoms with Crippen molar-refractivity contribution >= 4 is 0 Å². The normalized spacial score (nSPS) is 12.2. The van der Waals surface area contributed by atoms with E-state index in [1.807, 2.05) is 37.5 Å². The van der Waals surface area contributed by atoms with Gasteiger partial charge in [0.15, 0.2) is 0 Å². The summed E-state index contributed by atoms with van der Waals surface area (Å²) < 4.78 is 5.71. The summed E-state index contributed by atoms with van der Waals surface area (Å²) in [5.74, 6) is 1.44. The van der Waals surface area contributed by atoms with Gasteiger partial charge in [0.25, 0.3) is 0 Å². The van der Waals surface area contributed by atoms with E-state index >= 15 is 0 Å². The van der Waals surface area contributed by atoms with Gasteiger partial charge in [-0.15, -0.1) is 0 Å². The fraction of sp³-hybridized carbons (Fsp3) is 0.312. The third kappa shape index (κ3) is 3.55. The molecule has 1 atom stereocenters. The smallest absolute Gasteiger partial charge is 0.219 e. The summed E-state index contributed by atoms with van der Waals surface area (Å²) in [7, 11) is 1.93. The van der Waals surface area contributed by atoms with Crippen molar-refractivity contribution in [2.24, 2.45) is 0 Å². The van der Waals surface area contributed by atoms with Gasteiger partial charge in [-0.2, -0.15) is 0 Å². The second-order valence-corrected chi connectivity index (χ2v) is 4.54. The van der Waals surface area contributed by atoms with E-state index < -0.39 is 0 Å². The largest absolute Gasteiger partial charge is 0.439 e. The number of aryl methyl sites for hydroxylation is 1. The minimum atomic E-state index is 0.297. The molecule has 0 aliphatic carbocycles. The lowest BCUT2D eigenvalue weighted by atomic mass is 10.1. The number of hydrogen-bond donors (Lipinski definition) is 1. The molecule has 0 saturated heterocycles. The van der Waals surface area contributed by atoms with Gasteiger partial charge < -0.3 is 10.1 Å². The number of hydrogen-bond acceptors (Lipinski definition) is 3. The molecule has 1 unspecified atom stereocenters. The van der Waals surface area contributed by atoms with Crippen LogP contribution in [0, 0.1) is 0 Å². The highest BCUT2D eigenvalue weighted by Crippen LogP contribution is 2.21. The summed E-state index contributed by atoms with van der Waals surface area (Å²) in [6.45, 7) is 4.24. The van der Waals surface area contributed by atoms with Crippen molar-refractivity contribution in [3.8, 4) is 11.6 Å². The first-order valence-corrected chi connectivity index (χ1v) is 6.63. The Balaban J connectivity index is 2.06. The summed E-state index contributed by atoms with van der Waals surface area (Å²) in [5, 5.41) is 3.18. The minimum Gasteiger partial charge on any atom is -0.439 e. The quantitative estimate of drug-likeness (QED) is 0.885. The van der Waals surface area contributed by atoms with Crippen molar-refractivity contribution in [3.05, 3.63) is 53.7 Å². The number of ether oxygens (including phenoxy) is 1. The van der Waals surface area contributed by atoms with Crippen LogP contribution in [0.4, 0.5) is 0 Å². The van der Waals surface area contributed by atoms with Gasteiger partial charge in [-0.1, -0.05) is 25.1 Å². The van der Waals surface area contributed by atoms with Crippen LogP contribution >= 0.6 is 0 Å². The summed E-state index contributed by atoms with van der Waals surface area (Å²) in [6.07, 6.45) is 2.88. The van der Waals surface area contributed by atoms with E-state index in [0.29, 0.717) is 11.9 Å². The Labute approximate surface area is 114 Å². The summed E-state index contributed by atoms with van der Waals surface area (Å²) in [4.78, 5) is 4.32. The second-order valence-electron chi connectivity index (χ2n) is 4.54. The number of benzene rings is 1. The lowest BCUT2D eigenvalue weighted by molar-refractivity contribution is 0.461. The lowest BCUT2D eigenvalue weighted by Crippen LogP contribution is -2.12. The third-order valence-electron chi connectivity index (χ3n) is 3.25. The molecule has 0 bridgehead atoms. The number of nitrogens with zero attached hydrogens (tertiary/aromatic N) is 1. The van der Waals surface area contributed by atoms with Crippen LogP contribution in [0.5, 0.6) is 11.6 Å². The highest BCUT2D eigenvalue weighted by Gasteiger charge is 2.04. The first kappa shape index (κ1) is 13.6. The molecule has 100 valence electrons. The van der Waals surface area contributed by atoms with Crippen molar-refractivity contribution in [1.29, 1.82) is 0 Å². The fourth-order valence-electron chi connectivity index (χ4n) is 1.79. The van der Waals surface area contributed by atoms with Crippen LogP contribution in [-0.4, -0.2) is 12.0 Å². The van der Waals surface area contributed by atoms with Gasteiger partial charge in [0.05, 0.1) is 0 Å². The molecule has 0 radical (unpaired) electrons. The molecule has 3 nitrogen and oxygen atoms in total. The molecule has 1 aromatic heterocycles. The van der Waals surface area contributed by atoms with E-state index in [0.717, 1.165) is 17.7 Å². The maximum absolute atomic E-state index is 5.71. The molecule has 2 rings (SSSR count). The van der Waals surface area contributed by atoms with Crippen molar-refractivity contribution in [2.45, 2.75) is 26.3 Å². The molecule has 1 heterocycles. The molecule has 0 amide bonds. The summed E-state index contributed by atoms with van der Waals surface area (Å²) in [6, 6.07) is 12.3. The standard InChI is InChI=1S/C16H20N2O/c1-4-13-5-8-15(9-6-13)19-16-10-7-14(11-18-16)12(2)17-3/h5-12,17H,4H2,1-3H3. The fourth-order valence-corrected chi connectivity index (χ4v) is 1.79. The van der Waals surface area contributed by atoms with E-state index in [9.17, 15) is 0 Å². The van der Waals surface area contributed by atoms with Crippen molar-refractivity contribution in [3.63, 3.8) is 0 Å². The lowest BCUT2D eigenvalue weighted by Gasteiger charge is -2.11. The molecule has 0 saturated carbocycles. The SMILES string of the molecule is CCc1ccc(Oc2ccc(C(C)NC)cn2)cc1. The highest BCUT2D eigenvalue weighted by atomic mass is 16.5. The third-order valence-corrected chi connectivity index (χ3v) is 3.25. The van der Waals surface area contributed by atoms with Crippen LogP contribution < -0.4 is 10.1 Å². The zero-order chi connectivity index (χ0) is 13.7. The van der Waals surface area contributed by atoms with Crippen molar-refractivity contribution in [1.82, 2.24) is 10.3 Å². The van der Waals surface area contributed by atoms with Crippen LogP contribution in [0.15, 0.2) is 42.6 Å². The van der Waals surface area contributed by atoms with Crippen LogP contribution in [0.1, 0.15) is 31.0 Å². The first-order chi connectivity index (χ1) is 9.22. The molecular weight excluding hydrogens is 236 g/mol. The highest BCUT2D eigenvalue weighted by molar-refractivity contribution is 5.31. The summed E-state index contributed by atoms with van der Waals surface area (Å²) in [5.41, 5.74) is 2.45. The predicted octanol–water partition coefficient (Wildman–Crippen LogP) is 3.72. The van der Waals surface area contributed by atoms with Gasteiger partial charge in [-0.3, -0.25) is 0 Å². The van der Waals surface area contributed by atoms with Gasteiger partial charge in [0.1, 0.15) is 5.75 Å². The summed E-state index contributed by atoms with van der Waals surface area (Å²) >= 11 is 0. The van der Waals surface area contributed by atoms with E-state index in [4.69, 9.17) is 4.74 Å². The van der Waals surface area contributed by atoms with Gasteiger partial charge in [0.2, 0.25) is 5.88 Å². The van der Waals surface area contributed by atoms with Crippen molar-refractivity contribution in [2.75, 3.05) is 7.05 Å². The number of aromatic nitrogens is 1. The molecule has 3 heteroatoms. The Morgan fingerprint density at radius 2 is 1.89 bits per heavy atom. The van der Waals surface area contributed by atoms with Crippen LogP contribution in [0.2, 0.25) is 0 Å². The average molecular weight is 256 g/mol. The maximum Gasteiger partial charge on any atom is 0.219 e. The molecule has 19 heavy (non-hydrogen) atoms. The van der Waals surface area contributed by atoms with E-state index in [2.05, 4.69) is 36.3 Å². The Kier molecular flexibility index (Phi) is 4.53. The van der Waals surface area contributed by atoms with E-state index in [1.54, 1.807) is 0 Å². The number of nitrogens with one attached hydrogen (secondary N) is 1. The molecule has 1 aromatic carbocycles. The minimum absolute atomic E-state index is 0.297. The Morgan fingerprint density at radius 1 is 1.16 bits per heavy atom. The average Bonchev–Trinajstić information content (AvgIpc) is 2.48. The zero-order valence-electron chi connectivity index (χ0n) is 11.7. The van der Waals surface area contributed by atoms with Gasteiger partial charge >= 0.3 is 0 Å². The molecule has 2 aromatic rings. The maximum atomic E-state index is 5.71. The molecule has 0 aliphatic heterocycles. The molecule has 0 aliphatic rings. The molecule has 1 N–H and O–H groups in total.